The zero-order valence-electron chi connectivity index (χ0n) is 13.7. The number of urea groups is 1. The quantitative estimate of drug-likeness (QED) is 0.608. The molecule has 9 nitrogen and oxygen atoms in total. The molecule has 0 aromatic heterocycles. The third-order valence-electron chi connectivity index (χ3n) is 4.17. The minimum Gasteiger partial charge on any atom is -0.324 e. The molecule has 1 aromatic rings. The van der Waals surface area contributed by atoms with Gasteiger partial charge in [-0.15, -0.1) is 0 Å². The highest BCUT2D eigenvalue weighted by atomic mass is 16.2. The fourth-order valence-electron chi connectivity index (χ4n) is 2.93. The van der Waals surface area contributed by atoms with Crippen molar-refractivity contribution < 1.29 is 24.0 Å². The zero-order chi connectivity index (χ0) is 18.3. The second-order valence-corrected chi connectivity index (χ2v) is 5.92. The number of likely N-dealkylation sites (N-methyl/N-ethyl adjacent to an activating group) is 1. The summed E-state index contributed by atoms with van der Waals surface area (Å²) in [6.07, 6.45) is 0.0706. The Labute approximate surface area is 143 Å². The van der Waals surface area contributed by atoms with E-state index in [1.165, 1.54) is 11.9 Å². The first-order valence-electron chi connectivity index (χ1n) is 7.65. The predicted octanol–water partition coefficient (Wildman–Crippen LogP) is 0.171. The minimum atomic E-state index is -1.04. The first-order valence-corrected chi connectivity index (χ1v) is 7.65. The molecule has 2 aliphatic heterocycles. The number of anilines is 2. The molecule has 0 bridgehead atoms. The molecule has 25 heavy (non-hydrogen) atoms. The van der Waals surface area contributed by atoms with Crippen LogP contribution in [0, 0.1) is 0 Å². The number of hydrogen-bond acceptors (Lipinski definition) is 5. The number of para-hydroxylation sites is 2. The van der Waals surface area contributed by atoms with Crippen molar-refractivity contribution in [1.29, 1.82) is 0 Å². The molecule has 9 heteroatoms. The second kappa shape index (κ2) is 6.00. The molecule has 1 aromatic carbocycles. The van der Waals surface area contributed by atoms with Gasteiger partial charge in [0.2, 0.25) is 11.8 Å². The molecular weight excluding hydrogens is 328 g/mol. The molecule has 1 fully saturated rings. The second-order valence-electron chi connectivity index (χ2n) is 5.92. The number of imide groups is 2. The van der Waals surface area contributed by atoms with E-state index in [9.17, 15) is 24.0 Å². The summed E-state index contributed by atoms with van der Waals surface area (Å²) in [6.45, 7) is 1.13. The van der Waals surface area contributed by atoms with Crippen LogP contribution in [0.3, 0.4) is 0 Å². The lowest BCUT2D eigenvalue weighted by atomic mass is 10.1. The van der Waals surface area contributed by atoms with Crippen LogP contribution in [0.15, 0.2) is 24.3 Å². The summed E-state index contributed by atoms with van der Waals surface area (Å²) in [5, 5.41) is 2.72. The zero-order valence-corrected chi connectivity index (χ0v) is 13.7. The Kier molecular flexibility index (Phi) is 3.99. The van der Waals surface area contributed by atoms with Crippen LogP contribution in [-0.4, -0.2) is 59.1 Å². The monoisotopic (exact) mass is 344 g/mol. The Balaban J connectivity index is 1.91. The summed E-state index contributed by atoms with van der Waals surface area (Å²) in [7, 11) is 1.18. The molecule has 3 rings (SSSR count). The molecule has 0 saturated carbocycles. The highest BCUT2D eigenvalue weighted by Gasteiger charge is 2.44. The third-order valence-corrected chi connectivity index (χ3v) is 4.17. The highest BCUT2D eigenvalue weighted by molar-refractivity contribution is 6.45. The Morgan fingerprint density at radius 2 is 1.84 bits per heavy atom. The smallest absolute Gasteiger partial charge is 0.324 e. The number of carbonyl (C=O) groups is 5. The van der Waals surface area contributed by atoms with E-state index in [0.29, 0.717) is 21.2 Å². The molecule has 2 heterocycles. The van der Waals surface area contributed by atoms with Gasteiger partial charge < -0.3 is 10.2 Å². The number of hydrogen-bond donors (Lipinski definition) is 1. The van der Waals surface area contributed by atoms with E-state index in [-0.39, 0.29) is 12.3 Å². The summed E-state index contributed by atoms with van der Waals surface area (Å²) in [4.78, 5) is 62.8. The summed E-state index contributed by atoms with van der Waals surface area (Å²) < 4.78 is 0. The van der Waals surface area contributed by atoms with Gasteiger partial charge in [0.05, 0.1) is 11.4 Å². The topological polar surface area (TPSA) is 107 Å². The number of benzene rings is 1. The fraction of sp³-hybridized carbons (Fsp3) is 0.312. The van der Waals surface area contributed by atoms with Crippen LogP contribution in [-0.2, 0) is 19.2 Å². The van der Waals surface area contributed by atoms with Gasteiger partial charge in [-0.1, -0.05) is 12.1 Å². The lowest BCUT2D eigenvalue weighted by Crippen LogP contribution is -2.47. The van der Waals surface area contributed by atoms with Gasteiger partial charge in [0.1, 0.15) is 6.54 Å². The number of fused-ring (bicyclic) bond motifs is 1. The molecule has 0 spiro atoms. The van der Waals surface area contributed by atoms with Crippen molar-refractivity contribution in [2.75, 3.05) is 23.8 Å². The van der Waals surface area contributed by atoms with Crippen molar-refractivity contribution in [3.8, 4) is 0 Å². The van der Waals surface area contributed by atoms with Crippen molar-refractivity contribution >= 4 is 41.0 Å². The number of nitrogens with one attached hydrogen (secondary N) is 1. The van der Waals surface area contributed by atoms with Crippen molar-refractivity contribution in [2.45, 2.75) is 19.4 Å². The Morgan fingerprint density at radius 1 is 1.16 bits per heavy atom. The molecule has 0 aliphatic carbocycles. The van der Waals surface area contributed by atoms with E-state index in [0.717, 1.165) is 0 Å². The van der Waals surface area contributed by atoms with Gasteiger partial charge in [-0.05, 0) is 19.1 Å². The molecule has 6 amide bonds. The molecular formula is C16H16N4O5. The lowest BCUT2D eigenvalue weighted by molar-refractivity contribution is -0.143. The average Bonchev–Trinajstić information content (AvgIpc) is 2.70. The first-order chi connectivity index (χ1) is 11.8. The van der Waals surface area contributed by atoms with E-state index in [1.54, 1.807) is 31.2 Å². The van der Waals surface area contributed by atoms with Crippen LogP contribution < -0.4 is 10.2 Å². The van der Waals surface area contributed by atoms with Crippen LogP contribution >= 0.6 is 0 Å². The van der Waals surface area contributed by atoms with Gasteiger partial charge >= 0.3 is 17.8 Å². The normalized spacial score (nSPS) is 20.6. The van der Waals surface area contributed by atoms with E-state index < -0.39 is 36.3 Å². The number of carbonyl (C=O) groups excluding carboxylic acids is 5. The Bertz CT molecular complexity index is 805. The molecule has 130 valence electrons. The molecule has 2 aliphatic rings. The number of rotatable bonds is 2. The van der Waals surface area contributed by atoms with E-state index >= 15 is 0 Å². The van der Waals surface area contributed by atoms with Gasteiger partial charge in [0, 0.05) is 19.5 Å². The summed E-state index contributed by atoms with van der Waals surface area (Å²) >= 11 is 0. The standard InChI is InChI=1S/C16H16N4O5/c1-9-7-12(21)17-10-5-3-4-6-11(10)20(9)13(22)8-19-15(24)14(23)18(2)16(19)25/h3-6,9H,7-8H2,1-2H3,(H,17,21)/t9-/m0/s1. The van der Waals surface area contributed by atoms with Crippen molar-refractivity contribution in [3.63, 3.8) is 0 Å². The maximum Gasteiger partial charge on any atom is 0.334 e. The lowest BCUT2D eigenvalue weighted by Gasteiger charge is -2.29. The van der Waals surface area contributed by atoms with Crippen LogP contribution in [0.1, 0.15) is 13.3 Å². The molecule has 1 saturated heterocycles. The van der Waals surface area contributed by atoms with Crippen molar-refractivity contribution in [1.82, 2.24) is 9.80 Å². The van der Waals surface area contributed by atoms with Crippen molar-refractivity contribution in [2.24, 2.45) is 0 Å². The Morgan fingerprint density at radius 3 is 2.48 bits per heavy atom. The highest BCUT2D eigenvalue weighted by Crippen LogP contribution is 2.31. The summed E-state index contributed by atoms with van der Waals surface area (Å²) in [6, 6.07) is 5.45. The number of amides is 6. The van der Waals surface area contributed by atoms with Gasteiger partial charge in [-0.2, -0.15) is 0 Å². The van der Waals surface area contributed by atoms with Crippen LogP contribution in [0.2, 0.25) is 0 Å². The van der Waals surface area contributed by atoms with E-state index in [1.807, 2.05) is 0 Å². The van der Waals surface area contributed by atoms with Gasteiger partial charge in [-0.25, -0.2) is 9.69 Å². The van der Waals surface area contributed by atoms with E-state index in [4.69, 9.17) is 0 Å². The predicted molar refractivity (Wildman–Crippen MR) is 86.5 cm³/mol. The molecule has 0 radical (unpaired) electrons. The molecule has 1 N–H and O–H groups in total. The molecule has 0 unspecified atom stereocenters. The largest absolute Gasteiger partial charge is 0.334 e. The maximum atomic E-state index is 12.8. The van der Waals surface area contributed by atoms with Gasteiger partial charge in [-0.3, -0.25) is 24.1 Å². The summed E-state index contributed by atoms with van der Waals surface area (Å²) in [5.41, 5.74) is 0.946. The minimum absolute atomic E-state index is 0.0706. The fourth-order valence-corrected chi connectivity index (χ4v) is 2.93. The maximum absolute atomic E-state index is 12.8. The van der Waals surface area contributed by atoms with Crippen LogP contribution in [0.25, 0.3) is 0 Å². The SMILES string of the molecule is C[C@H]1CC(=O)Nc2ccccc2N1C(=O)CN1C(=O)C(=O)N(C)C1=O. The van der Waals surface area contributed by atoms with Crippen molar-refractivity contribution in [3.05, 3.63) is 24.3 Å². The van der Waals surface area contributed by atoms with E-state index in [2.05, 4.69) is 5.32 Å². The van der Waals surface area contributed by atoms with Crippen LogP contribution in [0.4, 0.5) is 16.2 Å². The van der Waals surface area contributed by atoms with Crippen LogP contribution in [0.5, 0.6) is 0 Å². The van der Waals surface area contributed by atoms with Gasteiger partial charge in [0.15, 0.2) is 0 Å². The number of nitrogens with zero attached hydrogens (tertiary/aromatic N) is 3. The Hall–Kier alpha value is -3.23. The third kappa shape index (κ3) is 2.73. The molecule has 1 atom stereocenters. The van der Waals surface area contributed by atoms with Gasteiger partial charge in [0.25, 0.3) is 0 Å². The first kappa shape index (κ1) is 16.6. The summed E-state index contributed by atoms with van der Waals surface area (Å²) in [5.74, 6) is -2.80. The average molecular weight is 344 g/mol.